The quantitative estimate of drug-likeness (QED) is 0.422. The zero-order valence-corrected chi connectivity index (χ0v) is 12.7. The average molecular weight is 313 g/mol. The first-order valence-corrected chi connectivity index (χ1v) is 7.76. The summed E-state index contributed by atoms with van der Waals surface area (Å²) in [6, 6.07) is 13.5. The number of nitroso groups, excluding NO2 is 1. The maximum Gasteiger partial charge on any atom is 0.124 e. The molecule has 3 aromatic rings. The highest BCUT2D eigenvalue weighted by atomic mass is 32.1. The lowest BCUT2D eigenvalue weighted by molar-refractivity contribution is 0.314. The van der Waals surface area contributed by atoms with Crippen LogP contribution in [0.4, 0.5) is 5.69 Å². The molecule has 6 heteroatoms. The lowest BCUT2D eigenvalue weighted by atomic mass is 10.2. The Kier molecular flexibility index (Phi) is 4.29. The van der Waals surface area contributed by atoms with Gasteiger partial charge in [0, 0.05) is 17.7 Å². The molecule has 22 heavy (non-hydrogen) atoms. The van der Waals surface area contributed by atoms with Crippen molar-refractivity contribution in [1.82, 2.24) is 4.98 Å². The van der Waals surface area contributed by atoms with E-state index in [1.54, 1.807) is 11.3 Å². The number of rotatable bonds is 6. The van der Waals surface area contributed by atoms with Gasteiger partial charge in [0.05, 0.1) is 23.4 Å². The number of aromatic nitrogens is 1. The van der Waals surface area contributed by atoms with Gasteiger partial charge in [-0.3, -0.25) is 0 Å². The van der Waals surface area contributed by atoms with Gasteiger partial charge in [0.15, 0.2) is 0 Å². The zero-order chi connectivity index (χ0) is 15.4. The molecule has 2 N–H and O–H groups in total. The Labute approximate surface area is 131 Å². The molecule has 0 amide bonds. The van der Waals surface area contributed by atoms with Crippen molar-refractivity contribution in [1.29, 1.82) is 0 Å². The highest BCUT2D eigenvalue weighted by molar-refractivity contribution is 7.21. The van der Waals surface area contributed by atoms with Crippen molar-refractivity contribution >= 4 is 27.2 Å². The van der Waals surface area contributed by atoms with Crippen LogP contribution in [0.5, 0.6) is 5.75 Å². The van der Waals surface area contributed by atoms with E-state index in [2.05, 4.69) is 10.2 Å². The number of ether oxygens (including phenoxy) is 1. The van der Waals surface area contributed by atoms with Gasteiger partial charge >= 0.3 is 0 Å². The Morgan fingerprint density at radius 3 is 2.77 bits per heavy atom. The molecular formula is C16H15N3O2S. The van der Waals surface area contributed by atoms with Gasteiger partial charge in [-0.1, -0.05) is 5.18 Å². The fourth-order valence-corrected chi connectivity index (χ4v) is 3.06. The standard InChI is InChI=1S/C16H15N3O2S/c17-12-4-2-11(3-5-12)16-19-14-7-6-13(10-15(14)22-16)21-9-1-8-18-20/h2-7,10H,1,8-9,17H2. The molecule has 1 heterocycles. The van der Waals surface area contributed by atoms with Crippen molar-refractivity contribution in [3.8, 4) is 16.3 Å². The first-order chi connectivity index (χ1) is 10.8. The number of nitrogens with zero attached hydrogens (tertiary/aromatic N) is 2. The largest absolute Gasteiger partial charge is 0.493 e. The molecule has 0 aliphatic rings. The zero-order valence-electron chi connectivity index (χ0n) is 11.9. The van der Waals surface area contributed by atoms with E-state index in [0.717, 1.165) is 32.2 Å². The van der Waals surface area contributed by atoms with Gasteiger partial charge in [0.25, 0.3) is 0 Å². The average Bonchev–Trinajstić information content (AvgIpc) is 2.95. The molecule has 3 rings (SSSR count). The monoisotopic (exact) mass is 313 g/mol. The van der Waals surface area contributed by atoms with Gasteiger partial charge in [0.1, 0.15) is 10.8 Å². The molecule has 0 bridgehead atoms. The van der Waals surface area contributed by atoms with Crippen molar-refractivity contribution in [2.75, 3.05) is 18.9 Å². The van der Waals surface area contributed by atoms with Gasteiger partial charge in [-0.25, -0.2) is 4.98 Å². The Balaban J connectivity index is 1.80. The number of hydrogen-bond donors (Lipinski definition) is 1. The summed E-state index contributed by atoms with van der Waals surface area (Å²) in [5.74, 6) is 0.783. The molecule has 2 aromatic carbocycles. The number of anilines is 1. The number of nitrogens with two attached hydrogens (primary N) is 1. The van der Waals surface area contributed by atoms with Crippen LogP contribution in [-0.2, 0) is 0 Å². The normalized spacial score (nSPS) is 10.7. The van der Waals surface area contributed by atoms with Crippen molar-refractivity contribution in [2.45, 2.75) is 6.42 Å². The minimum atomic E-state index is 0.282. The van der Waals surface area contributed by atoms with E-state index in [-0.39, 0.29) is 6.54 Å². The first kappa shape index (κ1) is 14.5. The fraction of sp³-hybridized carbons (Fsp3) is 0.188. The second-order valence-corrected chi connectivity index (χ2v) is 5.86. The molecule has 5 nitrogen and oxygen atoms in total. The van der Waals surface area contributed by atoms with E-state index in [4.69, 9.17) is 10.5 Å². The van der Waals surface area contributed by atoms with Gasteiger partial charge in [0.2, 0.25) is 0 Å². The summed E-state index contributed by atoms with van der Waals surface area (Å²) in [7, 11) is 0. The minimum Gasteiger partial charge on any atom is -0.493 e. The Morgan fingerprint density at radius 1 is 1.18 bits per heavy atom. The SMILES string of the molecule is Nc1ccc(-c2nc3ccc(OCCCN=O)cc3s2)cc1. The Bertz CT molecular complexity index is 784. The van der Waals surface area contributed by atoms with Crippen LogP contribution in [0.15, 0.2) is 47.6 Å². The van der Waals surface area contributed by atoms with E-state index in [1.807, 2.05) is 42.5 Å². The molecule has 0 saturated carbocycles. The third-order valence-electron chi connectivity index (χ3n) is 3.18. The number of benzene rings is 2. The molecule has 1 aromatic heterocycles. The van der Waals surface area contributed by atoms with Crippen LogP contribution in [0.2, 0.25) is 0 Å². The minimum absolute atomic E-state index is 0.282. The van der Waals surface area contributed by atoms with Crippen LogP contribution in [0.3, 0.4) is 0 Å². The second kappa shape index (κ2) is 6.53. The summed E-state index contributed by atoms with van der Waals surface area (Å²) < 4.78 is 6.68. The van der Waals surface area contributed by atoms with Crippen LogP contribution < -0.4 is 10.5 Å². The number of nitrogen functional groups attached to an aromatic ring is 1. The molecule has 0 saturated heterocycles. The van der Waals surface area contributed by atoms with Gasteiger partial charge in [-0.15, -0.1) is 11.3 Å². The molecule has 112 valence electrons. The van der Waals surface area contributed by atoms with Crippen LogP contribution in [0, 0.1) is 4.91 Å². The van der Waals surface area contributed by atoms with Crippen LogP contribution in [-0.4, -0.2) is 18.1 Å². The highest BCUT2D eigenvalue weighted by Gasteiger charge is 2.07. The van der Waals surface area contributed by atoms with E-state index < -0.39 is 0 Å². The van der Waals surface area contributed by atoms with Gasteiger partial charge in [-0.2, -0.15) is 4.91 Å². The summed E-state index contributed by atoms with van der Waals surface area (Å²) in [5.41, 5.74) is 8.44. The molecular weight excluding hydrogens is 298 g/mol. The molecule has 0 fully saturated rings. The van der Waals surface area contributed by atoms with Crippen molar-refractivity contribution in [3.05, 3.63) is 47.4 Å². The van der Waals surface area contributed by atoms with Crippen molar-refractivity contribution in [2.24, 2.45) is 5.18 Å². The fourth-order valence-electron chi connectivity index (χ4n) is 2.06. The topological polar surface area (TPSA) is 77.6 Å². The van der Waals surface area contributed by atoms with E-state index in [9.17, 15) is 4.91 Å². The summed E-state index contributed by atoms with van der Waals surface area (Å²) in [5, 5.41) is 3.77. The summed E-state index contributed by atoms with van der Waals surface area (Å²) in [4.78, 5) is 14.7. The van der Waals surface area contributed by atoms with Crippen LogP contribution in [0.25, 0.3) is 20.8 Å². The third kappa shape index (κ3) is 3.23. The molecule has 0 aliphatic carbocycles. The lowest BCUT2D eigenvalue weighted by Gasteiger charge is -2.03. The van der Waals surface area contributed by atoms with Crippen molar-refractivity contribution in [3.63, 3.8) is 0 Å². The number of hydrogen-bond acceptors (Lipinski definition) is 6. The molecule has 0 atom stereocenters. The van der Waals surface area contributed by atoms with Gasteiger partial charge in [-0.05, 0) is 42.5 Å². The Hall–Kier alpha value is -2.47. The predicted octanol–water partition coefficient (Wildman–Crippen LogP) is 4.08. The summed E-state index contributed by atoms with van der Waals surface area (Å²) in [6.45, 7) is 0.769. The Morgan fingerprint density at radius 2 is 2.00 bits per heavy atom. The van der Waals surface area contributed by atoms with E-state index in [0.29, 0.717) is 13.0 Å². The maximum absolute atomic E-state index is 10.0. The van der Waals surface area contributed by atoms with E-state index in [1.165, 1.54) is 0 Å². The maximum atomic E-state index is 10.0. The van der Waals surface area contributed by atoms with Crippen molar-refractivity contribution < 1.29 is 4.74 Å². The van der Waals surface area contributed by atoms with Crippen LogP contribution in [0.1, 0.15) is 6.42 Å². The first-order valence-electron chi connectivity index (χ1n) is 6.95. The highest BCUT2D eigenvalue weighted by Crippen LogP contribution is 2.32. The van der Waals surface area contributed by atoms with Crippen LogP contribution >= 0.6 is 11.3 Å². The third-order valence-corrected chi connectivity index (χ3v) is 4.25. The van der Waals surface area contributed by atoms with E-state index >= 15 is 0 Å². The predicted molar refractivity (Wildman–Crippen MR) is 90.2 cm³/mol. The number of fused-ring (bicyclic) bond motifs is 1. The smallest absolute Gasteiger partial charge is 0.124 e. The van der Waals surface area contributed by atoms with Gasteiger partial charge < -0.3 is 10.5 Å². The molecule has 0 aliphatic heterocycles. The molecule has 0 unspecified atom stereocenters. The molecule has 0 spiro atoms. The molecule has 0 radical (unpaired) electrons. The summed E-state index contributed by atoms with van der Waals surface area (Å²) >= 11 is 1.61. The second-order valence-electron chi connectivity index (χ2n) is 4.83. The number of thiazole rings is 1. The lowest BCUT2D eigenvalue weighted by Crippen LogP contribution is -1.98. The summed E-state index contributed by atoms with van der Waals surface area (Å²) in [6.07, 6.45) is 0.626.